The van der Waals surface area contributed by atoms with Gasteiger partial charge < -0.3 is 10.1 Å². The zero-order valence-corrected chi connectivity index (χ0v) is 12.9. The maximum Gasteiger partial charge on any atom is 0.275 e. The van der Waals surface area contributed by atoms with Gasteiger partial charge in [-0.3, -0.25) is 15.0 Å². The molecule has 7 heteroatoms. The topological polar surface area (TPSA) is 67.6 Å². The molecule has 6 nitrogen and oxygen atoms in total. The smallest absolute Gasteiger partial charge is 0.275 e. The quantitative estimate of drug-likeness (QED) is 0.651. The third kappa shape index (κ3) is 3.99. The summed E-state index contributed by atoms with van der Waals surface area (Å²) in [5.41, 5.74) is 0.902. The SMILES string of the molecule is CNCC1CN(Cc2ccc(Br)cc2[N+](=O)[O-])CCO1. The molecular weight excluding hydrogens is 326 g/mol. The number of rotatable bonds is 5. The van der Waals surface area contributed by atoms with Crippen LogP contribution in [-0.4, -0.2) is 49.2 Å². The van der Waals surface area contributed by atoms with Crippen LogP contribution < -0.4 is 5.32 Å². The van der Waals surface area contributed by atoms with Crippen molar-refractivity contribution in [3.05, 3.63) is 38.3 Å². The molecule has 20 heavy (non-hydrogen) atoms. The predicted molar refractivity (Wildman–Crippen MR) is 79.7 cm³/mol. The van der Waals surface area contributed by atoms with Crippen LogP contribution in [0.2, 0.25) is 0 Å². The van der Waals surface area contributed by atoms with Crippen molar-refractivity contribution in [1.82, 2.24) is 10.2 Å². The molecule has 1 fully saturated rings. The number of benzene rings is 1. The van der Waals surface area contributed by atoms with Crippen LogP contribution >= 0.6 is 15.9 Å². The molecule has 1 aromatic rings. The summed E-state index contributed by atoms with van der Waals surface area (Å²) in [5, 5.41) is 14.2. The average molecular weight is 344 g/mol. The molecule has 110 valence electrons. The molecule has 1 aromatic carbocycles. The Morgan fingerprint density at radius 1 is 1.60 bits per heavy atom. The lowest BCUT2D eigenvalue weighted by atomic mass is 10.1. The summed E-state index contributed by atoms with van der Waals surface area (Å²) in [6.45, 7) is 3.62. The van der Waals surface area contributed by atoms with Crippen molar-refractivity contribution in [3.63, 3.8) is 0 Å². The van der Waals surface area contributed by atoms with E-state index in [-0.39, 0.29) is 16.7 Å². The minimum atomic E-state index is -0.328. The number of likely N-dealkylation sites (N-methyl/N-ethyl adjacent to an activating group) is 1. The molecule has 1 aliphatic rings. The Morgan fingerprint density at radius 2 is 2.40 bits per heavy atom. The van der Waals surface area contributed by atoms with Crippen molar-refractivity contribution in [2.75, 3.05) is 33.3 Å². The maximum atomic E-state index is 11.1. The number of halogens is 1. The normalized spacial score (nSPS) is 20.0. The van der Waals surface area contributed by atoms with Crippen molar-refractivity contribution >= 4 is 21.6 Å². The molecule has 0 spiro atoms. The molecule has 1 N–H and O–H groups in total. The largest absolute Gasteiger partial charge is 0.374 e. The van der Waals surface area contributed by atoms with Crippen LogP contribution in [0.3, 0.4) is 0 Å². The first-order valence-corrected chi connectivity index (χ1v) is 7.31. The summed E-state index contributed by atoms with van der Waals surface area (Å²) in [6.07, 6.45) is 0.142. The Morgan fingerprint density at radius 3 is 3.10 bits per heavy atom. The van der Waals surface area contributed by atoms with Crippen LogP contribution in [0, 0.1) is 10.1 Å². The fraction of sp³-hybridized carbons (Fsp3) is 0.538. The zero-order chi connectivity index (χ0) is 14.5. The van der Waals surface area contributed by atoms with Gasteiger partial charge in [0, 0.05) is 42.3 Å². The van der Waals surface area contributed by atoms with E-state index in [1.807, 2.05) is 19.2 Å². The Balaban J connectivity index is 2.07. The summed E-state index contributed by atoms with van der Waals surface area (Å²) < 4.78 is 6.36. The molecule has 0 amide bonds. The van der Waals surface area contributed by atoms with E-state index in [9.17, 15) is 10.1 Å². The van der Waals surface area contributed by atoms with Gasteiger partial charge in [-0.25, -0.2) is 0 Å². The molecule has 1 unspecified atom stereocenters. The Hall–Kier alpha value is -1.02. The first-order valence-electron chi connectivity index (χ1n) is 6.51. The van der Waals surface area contributed by atoms with E-state index in [4.69, 9.17) is 4.74 Å². The van der Waals surface area contributed by atoms with Crippen LogP contribution in [0.5, 0.6) is 0 Å². The van der Waals surface area contributed by atoms with Gasteiger partial charge in [0.15, 0.2) is 0 Å². The molecule has 1 heterocycles. The summed E-state index contributed by atoms with van der Waals surface area (Å²) in [4.78, 5) is 13.0. The van der Waals surface area contributed by atoms with Crippen molar-refractivity contribution in [1.29, 1.82) is 0 Å². The third-order valence-electron chi connectivity index (χ3n) is 3.29. The van der Waals surface area contributed by atoms with Crippen LogP contribution in [0.4, 0.5) is 5.69 Å². The van der Waals surface area contributed by atoms with Gasteiger partial charge in [0.05, 0.1) is 17.6 Å². The highest BCUT2D eigenvalue weighted by molar-refractivity contribution is 9.10. The first-order chi connectivity index (χ1) is 9.60. The molecule has 1 aliphatic heterocycles. The number of nitro groups is 1. The van der Waals surface area contributed by atoms with E-state index in [1.54, 1.807) is 6.07 Å². The molecule has 0 radical (unpaired) electrons. The lowest BCUT2D eigenvalue weighted by Gasteiger charge is -2.32. The maximum absolute atomic E-state index is 11.1. The van der Waals surface area contributed by atoms with Gasteiger partial charge in [0.2, 0.25) is 0 Å². The minimum absolute atomic E-state index is 0.142. The minimum Gasteiger partial charge on any atom is -0.374 e. The second kappa shape index (κ2) is 7.12. The molecule has 1 saturated heterocycles. The van der Waals surface area contributed by atoms with Crippen LogP contribution in [0.1, 0.15) is 5.56 Å². The van der Waals surface area contributed by atoms with Gasteiger partial charge in [-0.15, -0.1) is 0 Å². The van der Waals surface area contributed by atoms with E-state index < -0.39 is 0 Å². The highest BCUT2D eigenvalue weighted by Gasteiger charge is 2.22. The fourth-order valence-electron chi connectivity index (χ4n) is 2.36. The number of nitro benzene ring substituents is 1. The average Bonchev–Trinajstić information content (AvgIpc) is 2.41. The van der Waals surface area contributed by atoms with Crippen molar-refractivity contribution < 1.29 is 9.66 Å². The third-order valence-corrected chi connectivity index (χ3v) is 3.79. The number of nitrogens with one attached hydrogen (secondary N) is 1. The summed E-state index contributed by atoms with van der Waals surface area (Å²) >= 11 is 3.27. The Labute approximate surface area is 126 Å². The van der Waals surface area contributed by atoms with Gasteiger partial charge in [-0.05, 0) is 19.2 Å². The predicted octanol–water partition coefficient (Wildman–Crippen LogP) is 1.78. The lowest BCUT2D eigenvalue weighted by Crippen LogP contribution is -2.45. The molecule has 0 aromatic heterocycles. The van der Waals surface area contributed by atoms with Gasteiger partial charge in [-0.1, -0.05) is 15.9 Å². The molecular formula is C13H18BrN3O3. The number of hydrogen-bond donors (Lipinski definition) is 1. The van der Waals surface area contributed by atoms with Gasteiger partial charge in [-0.2, -0.15) is 0 Å². The second-order valence-electron chi connectivity index (χ2n) is 4.82. The molecule has 1 atom stereocenters. The van der Waals surface area contributed by atoms with Crippen LogP contribution in [-0.2, 0) is 11.3 Å². The van der Waals surface area contributed by atoms with E-state index in [0.717, 1.165) is 29.7 Å². The molecule has 0 aliphatic carbocycles. The van der Waals surface area contributed by atoms with E-state index in [2.05, 4.69) is 26.1 Å². The highest BCUT2D eigenvalue weighted by Crippen LogP contribution is 2.25. The van der Waals surface area contributed by atoms with E-state index >= 15 is 0 Å². The molecule has 0 saturated carbocycles. The van der Waals surface area contributed by atoms with Crippen LogP contribution in [0.25, 0.3) is 0 Å². The van der Waals surface area contributed by atoms with Crippen molar-refractivity contribution in [2.45, 2.75) is 12.6 Å². The van der Waals surface area contributed by atoms with Crippen molar-refractivity contribution in [3.8, 4) is 0 Å². The van der Waals surface area contributed by atoms with Crippen LogP contribution in [0.15, 0.2) is 22.7 Å². The fourth-order valence-corrected chi connectivity index (χ4v) is 2.71. The van der Waals surface area contributed by atoms with E-state index in [1.165, 1.54) is 0 Å². The molecule has 0 bridgehead atoms. The van der Waals surface area contributed by atoms with E-state index in [0.29, 0.717) is 13.2 Å². The first kappa shape index (κ1) is 15.4. The lowest BCUT2D eigenvalue weighted by molar-refractivity contribution is -0.385. The Kier molecular flexibility index (Phi) is 5.47. The summed E-state index contributed by atoms with van der Waals surface area (Å²) in [7, 11) is 1.89. The van der Waals surface area contributed by atoms with Crippen molar-refractivity contribution in [2.24, 2.45) is 0 Å². The number of ether oxygens (including phenoxy) is 1. The molecule has 2 rings (SSSR count). The zero-order valence-electron chi connectivity index (χ0n) is 11.3. The standard InChI is InChI=1S/C13H18BrN3O3/c1-15-7-12-9-16(4-5-20-12)8-10-2-3-11(14)6-13(10)17(18)19/h2-3,6,12,15H,4-5,7-9H2,1H3. The number of morpholine rings is 1. The monoisotopic (exact) mass is 343 g/mol. The van der Waals surface area contributed by atoms with Gasteiger partial charge in [0.1, 0.15) is 0 Å². The van der Waals surface area contributed by atoms with Gasteiger partial charge in [0.25, 0.3) is 5.69 Å². The summed E-state index contributed by atoms with van der Waals surface area (Å²) in [6, 6.07) is 5.21. The number of nitrogens with zero attached hydrogens (tertiary/aromatic N) is 2. The Bertz CT molecular complexity index is 482. The number of hydrogen-bond acceptors (Lipinski definition) is 5. The second-order valence-corrected chi connectivity index (χ2v) is 5.73. The summed E-state index contributed by atoms with van der Waals surface area (Å²) in [5.74, 6) is 0. The highest BCUT2D eigenvalue weighted by atomic mass is 79.9. The van der Waals surface area contributed by atoms with Gasteiger partial charge >= 0.3 is 0 Å².